The zero-order chi connectivity index (χ0) is 10.1. The normalized spacial score (nSPS) is 18.9. The minimum Gasteiger partial charge on any atom is -0.479 e. The van der Waals surface area contributed by atoms with Crippen molar-refractivity contribution in [2.24, 2.45) is 0 Å². The van der Waals surface area contributed by atoms with Crippen molar-refractivity contribution in [1.29, 1.82) is 0 Å². The van der Waals surface area contributed by atoms with Crippen LogP contribution in [0.2, 0.25) is 0 Å². The lowest BCUT2D eigenvalue weighted by Crippen LogP contribution is -2.22. The summed E-state index contributed by atoms with van der Waals surface area (Å²) >= 11 is 0. The number of rotatable bonds is 3. The van der Waals surface area contributed by atoms with E-state index in [1.54, 1.807) is 0 Å². The van der Waals surface area contributed by atoms with Crippen LogP contribution in [0, 0.1) is 0 Å². The molecule has 0 radical (unpaired) electrons. The molecular weight excluding hydrogens is 187 g/mol. The molecule has 1 aliphatic rings. The van der Waals surface area contributed by atoms with Crippen LogP contribution in [0.4, 0.5) is 4.39 Å². The van der Waals surface area contributed by atoms with Crippen molar-refractivity contribution in [1.82, 2.24) is 9.78 Å². The number of nitrogens with zero attached hydrogens (tertiary/aromatic N) is 2. The van der Waals surface area contributed by atoms with E-state index in [1.165, 1.54) is 16.9 Å². The molecule has 0 amide bonds. The molecule has 1 aromatic heterocycles. The number of carbonyl (C=O) groups is 1. The molecule has 0 aliphatic heterocycles. The lowest BCUT2D eigenvalue weighted by Gasteiger charge is -2.27. The number of halogens is 1. The Morgan fingerprint density at radius 3 is 2.93 bits per heavy atom. The van der Waals surface area contributed by atoms with Crippen molar-refractivity contribution >= 4 is 5.97 Å². The number of hydrogen-bond donors (Lipinski definition) is 1. The SMILES string of the molecule is O=C(O)C(F)c1ccnn1C1CCC1. The average Bonchev–Trinajstić information content (AvgIpc) is 2.48. The molecular formula is C9H11FN2O2. The zero-order valence-electron chi connectivity index (χ0n) is 7.56. The minimum absolute atomic E-state index is 0.155. The van der Waals surface area contributed by atoms with Gasteiger partial charge < -0.3 is 5.11 Å². The predicted octanol–water partition coefficient (Wildman–Crippen LogP) is 1.70. The van der Waals surface area contributed by atoms with Crippen LogP contribution in [0.1, 0.15) is 37.2 Å². The summed E-state index contributed by atoms with van der Waals surface area (Å²) in [6, 6.07) is 1.62. The van der Waals surface area contributed by atoms with Crippen molar-refractivity contribution in [3.05, 3.63) is 18.0 Å². The molecule has 1 unspecified atom stereocenters. The maximum atomic E-state index is 13.2. The van der Waals surface area contributed by atoms with Gasteiger partial charge in [0.05, 0.1) is 11.7 Å². The van der Waals surface area contributed by atoms with Gasteiger partial charge in [-0.15, -0.1) is 0 Å². The van der Waals surface area contributed by atoms with Gasteiger partial charge in [0, 0.05) is 6.20 Å². The molecule has 5 heteroatoms. The molecule has 1 saturated carbocycles. The molecule has 1 aromatic rings. The van der Waals surface area contributed by atoms with E-state index < -0.39 is 12.1 Å². The average molecular weight is 198 g/mol. The first-order valence-electron chi connectivity index (χ1n) is 4.60. The molecule has 0 saturated heterocycles. The van der Waals surface area contributed by atoms with Crippen LogP contribution in [0.15, 0.2) is 12.3 Å². The topological polar surface area (TPSA) is 55.1 Å². The van der Waals surface area contributed by atoms with E-state index in [4.69, 9.17) is 5.11 Å². The fourth-order valence-corrected chi connectivity index (χ4v) is 1.59. The van der Waals surface area contributed by atoms with E-state index in [0.29, 0.717) is 0 Å². The van der Waals surface area contributed by atoms with E-state index in [2.05, 4.69) is 5.10 Å². The maximum Gasteiger partial charge on any atom is 0.344 e. The maximum absolute atomic E-state index is 13.2. The van der Waals surface area contributed by atoms with Crippen LogP contribution in [0.3, 0.4) is 0 Å². The zero-order valence-corrected chi connectivity index (χ0v) is 7.56. The summed E-state index contributed by atoms with van der Waals surface area (Å²) < 4.78 is 14.7. The van der Waals surface area contributed by atoms with Crippen LogP contribution in [0.5, 0.6) is 0 Å². The number of carboxylic acid groups (broad SMARTS) is 1. The van der Waals surface area contributed by atoms with Gasteiger partial charge in [0.15, 0.2) is 0 Å². The molecule has 0 aromatic carbocycles. The summed E-state index contributed by atoms with van der Waals surface area (Å²) in [4.78, 5) is 10.5. The second-order valence-electron chi connectivity index (χ2n) is 3.49. The molecule has 0 spiro atoms. The van der Waals surface area contributed by atoms with E-state index in [0.717, 1.165) is 19.3 Å². The monoisotopic (exact) mass is 198 g/mol. The molecule has 1 N–H and O–H groups in total. The highest BCUT2D eigenvalue weighted by molar-refractivity contribution is 5.73. The number of aromatic nitrogens is 2. The first kappa shape index (κ1) is 9.18. The van der Waals surface area contributed by atoms with Gasteiger partial charge in [-0.2, -0.15) is 5.10 Å². The molecule has 1 heterocycles. The Hall–Kier alpha value is -1.39. The Bertz CT molecular complexity index is 346. The van der Waals surface area contributed by atoms with Gasteiger partial charge in [0.2, 0.25) is 6.17 Å². The Labute approximate surface area is 80.3 Å². The number of hydrogen-bond acceptors (Lipinski definition) is 2. The van der Waals surface area contributed by atoms with Gasteiger partial charge >= 0.3 is 5.97 Å². The Morgan fingerprint density at radius 1 is 1.71 bits per heavy atom. The highest BCUT2D eigenvalue weighted by Gasteiger charge is 2.28. The number of aliphatic carboxylic acids is 1. The summed E-state index contributed by atoms with van der Waals surface area (Å²) in [5.74, 6) is -1.45. The second kappa shape index (κ2) is 3.40. The second-order valence-corrected chi connectivity index (χ2v) is 3.49. The van der Waals surface area contributed by atoms with Gasteiger partial charge in [-0.3, -0.25) is 4.68 Å². The van der Waals surface area contributed by atoms with Gasteiger partial charge in [0.1, 0.15) is 0 Å². The van der Waals surface area contributed by atoms with Gasteiger partial charge in [-0.25, -0.2) is 9.18 Å². The smallest absolute Gasteiger partial charge is 0.344 e. The fraction of sp³-hybridized carbons (Fsp3) is 0.556. The van der Waals surface area contributed by atoms with E-state index in [1.807, 2.05) is 0 Å². The summed E-state index contributed by atoms with van der Waals surface area (Å²) in [6.45, 7) is 0. The minimum atomic E-state index is -1.96. The van der Waals surface area contributed by atoms with Gasteiger partial charge in [-0.05, 0) is 25.3 Å². The van der Waals surface area contributed by atoms with Crippen molar-refractivity contribution in [3.8, 4) is 0 Å². The van der Waals surface area contributed by atoms with E-state index in [-0.39, 0.29) is 11.7 Å². The highest BCUT2D eigenvalue weighted by atomic mass is 19.1. The largest absolute Gasteiger partial charge is 0.479 e. The fourth-order valence-electron chi connectivity index (χ4n) is 1.59. The summed E-state index contributed by atoms with van der Waals surface area (Å²) in [6.07, 6.45) is 2.51. The van der Waals surface area contributed by atoms with Crippen molar-refractivity contribution in [2.45, 2.75) is 31.5 Å². The lowest BCUT2D eigenvalue weighted by molar-refractivity contribution is -0.143. The molecule has 1 fully saturated rings. The first-order chi connectivity index (χ1) is 6.70. The van der Waals surface area contributed by atoms with Crippen LogP contribution in [0.25, 0.3) is 0 Å². The highest BCUT2D eigenvalue weighted by Crippen LogP contribution is 2.33. The summed E-state index contributed by atoms with van der Waals surface area (Å²) in [7, 11) is 0. The summed E-state index contributed by atoms with van der Waals surface area (Å²) in [5, 5.41) is 12.5. The molecule has 1 atom stereocenters. The van der Waals surface area contributed by atoms with Crippen molar-refractivity contribution in [3.63, 3.8) is 0 Å². The molecule has 76 valence electrons. The third kappa shape index (κ3) is 1.38. The standard InChI is InChI=1S/C9H11FN2O2/c10-8(9(13)14)7-4-5-11-12(7)6-2-1-3-6/h4-6,8H,1-3H2,(H,13,14). The summed E-state index contributed by atoms with van der Waals surface area (Å²) in [5.41, 5.74) is 0.155. The van der Waals surface area contributed by atoms with Gasteiger partial charge in [0.25, 0.3) is 0 Å². The van der Waals surface area contributed by atoms with Crippen LogP contribution in [-0.2, 0) is 4.79 Å². The van der Waals surface area contributed by atoms with Crippen LogP contribution < -0.4 is 0 Å². The first-order valence-corrected chi connectivity index (χ1v) is 4.60. The van der Waals surface area contributed by atoms with Crippen LogP contribution >= 0.6 is 0 Å². The Balaban J connectivity index is 2.24. The molecule has 0 bridgehead atoms. The Kier molecular flexibility index (Phi) is 2.23. The third-order valence-electron chi connectivity index (χ3n) is 2.60. The van der Waals surface area contributed by atoms with E-state index in [9.17, 15) is 9.18 Å². The van der Waals surface area contributed by atoms with Gasteiger partial charge in [-0.1, -0.05) is 0 Å². The lowest BCUT2D eigenvalue weighted by atomic mass is 9.93. The number of carboxylic acids is 1. The van der Waals surface area contributed by atoms with E-state index >= 15 is 0 Å². The third-order valence-corrected chi connectivity index (χ3v) is 2.60. The molecule has 4 nitrogen and oxygen atoms in total. The molecule has 1 aliphatic carbocycles. The van der Waals surface area contributed by atoms with Crippen LogP contribution in [-0.4, -0.2) is 20.9 Å². The quantitative estimate of drug-likeness (QED) is 0.804. The Morgan fingerprint density at radius 2 is 2.43 bits per heavy atom. The van der Waals surface area contributed by atoms with Crippen molar-refractivity contribution < 1.29 is 14.3 Å². The molecule has 14 heavy (non-hydrogen) atoms. The molecule has 2 rings (SSSR count). The predicted molar refractivity (Wildman–Crippen MR) is 46.6 cm³/mol. The number of alkyl halides is 1. The van der Waals surface area contributed by atoms with Crippen molar-refractivity contribution in [2.75, 3.05) is 0 Å².